The van der Waals surface area contributed by atoms with E-state index in [1.54, 1.807) is 0 Å². The SMILES string of the molecule is O=C(Cn1cccc2cc(C3CCNCC3)nc1-2)N1CCCCCC1. The van der Waals surface area contributed by atoms with Crippen molar-refractivity contribution in [2.45, 2.75) is 51.0 Å². The molecule has 2 saturated heterocycles. The number of fused-ring (bicyclic) bond motifs is 1. The van der Waals surface area contributed by atoms with Gasteiger partial charge in [0.25, 0.3) is 0 Å². The number of nitrogens with zero attached hydrogens (tertiary/aromatic N) is 3. The van der Waals surface area contributed by atoms with Crippen LogP contribution in [-0.2, 0) is 11.3 Å². The lowest BCUT2D eigenvalue weighted by atomic mass is 9.95. The van der Waals surface area contributed by atoms with Crippen LogP contribution in [0.15, 0.2) is 24.4 Å². The number of hydrogen-bond donors (Lipinski definition) is 1. The molecule has 0 spiro atoms. The molecule has 5 heteroatoms. The Morgan fingerprint density at radius 1 is 1.16 bits per heavy atom. The third-order valence-corrected chi connectivity index (χ3v) is 5.63. The molecule has 0 bridgehead atoms. The maximum atomic E-state index is 12.7. The van der Waals surface area contributed by atoms with Crippen molar-refractivity contribution < 1.29 is 4.79 Å². The highest BCUT2D eigenvalue weighted by Gasteiger charge is 2.22. The summed E-state index contributed by atoms with van der Waals surface area (Å²) in [6, 6.07) is 6.37. The third-order valence-electron chi connectivity index (χ3n) is 5.63. The molecule has 0 aromatic rings. The van der Waals surface area contributed by atoms with Gasteiger partial charge in [-0.1, -0.05) is 12.8 Å². The van der Waals surface area contributed by atoms with Gasteiger partial charge >= 0.3 is 0 Å². The quantitative estimate of drug-likeness (QED) is 0.935. The average Bonchev–Trinajstić information content (AvgIpc) is 2.90. The summed E-state index contributed by atoms with van der Waals surface area (Å²) in [5.74, 6) is 1.73. The zero-order valence-electron chi connectivity index (χ0n) is 14.9. The highest BCUT2D eigenvalue weighted by atomic mass is 16.2. The minimum atomic E-state index is 0.228. The van der Waals surface area contributed by atoms with Crippen molar-refractivity contribution in [3.8, 4) is 11.4 Å². The number of rotatable bonds is 3. The first-order chi connectivity index (χ1) is 12.3. The van der Waals surface area contributed by atoms with E-state index in [0.717, 1.165) is 63.3 Å². The monoisotopic (exact) mass is 340 g/mol. The molecule has 0 saturated carbocycles. The minimum absolute atomic E-state index is 0.228. The molecule has 2 fully saturated rings. The Balaban J connectivity index is 1.53. The predicted octanol–water partition coefficient (Wildman–Crippen LogP) is 2.86. The van der Waals surface area contributed by atoms with Gasteiger partial charge in [-0.2, -0.15) is 0 Å². The van der Waals surface area contributed by atoms with E-state index in [4.69, 9.17) is 4.98 Å². The maximum absolute atomic E-state index is 12.7. The molecule has 4 rings (SSSR count). The number of aromatic nitrogens is 2. The van der Waals surface area contributed by atoms with Gasteiger partial charge in [-0.3, -0.25) is 4.79 Å². The normalized spacial score (nSPS) is 19.9. The van der Waals surface area contributed by atoms with Gasteiger partial charge in [0, 0.05) is 36.5 Å². The summed E-state index contributed by atoms with van der Waals surface area (Å²) in [5, 5.41) is 3.41. The number of hydrogen-bond acceptors (Lipinski definition) is 3. The molecule has 4 heterocycles. The lowest BCUT2D eigenvalue weighted by Gasteiger charge is -2.22. The van der Waals surface area contributed by atoms with Crippen LogP contribution >= 0.6 is 0 Å². The van der Waals surface area contributed by atoms with E-state index in [9.17, 15) is 4.79 Å². The van der Waals surface area contributed by atoms with E-state index in [1.165, 1.54) is 18.5 Å². The number of piperidine rings is 1. The first-order valence-electron chi connectivity index (χ1n) is 9.75. The van der Waals surface area contributed by atoms with E-state index in [1.807, 2.05) is 21.7 Å². The summed E-state index contributed by atoms with van der Waals surface area (Å²) in [7, 11) is 0. The van der Waals surface area contributed by atoms with Gasteiger partial charge in [0.1, 0.15) is 12.4 Å². The highest BCUT2D eigenvalue weighted by Crippen LogP contribution is 2.30. The number of carbonyl (C=O) groups excluding carboxylic acids is 1. The standard InChI is InChI=1S/C20H28N4O/c25-19(23-11-3-1-2-4-12-23)15-24-13-5-6-17-14-18(22-20(17)24)16-7-9-21-10-8-16/h5-6,13-14,16,21H,1-4,7-12,15H2. The molecule has 4 aliphatic rings. The summed E-state index contributed by atoms with van der Waals surface area (Å²) in [6.07, 6.45) is 9.06. The van der Waals surface area contributed by atoms with E-state index >= 15 is 0 Å². The Labute approximate surface area is 149 Å². The Kier molecular flexibility index (Phi) is 5.02. The molecule has 0 atom stereocenters. The van der Waals surface area contributed by atoms with Crippen molar-refractivity contribution >= 4 is 5.91 Å². The Hall–Kier alpha value is -1.88. The molecule has 4 aliphatic heterocycles. The van der Waals surface area contributed by atoms with Gasteiger partial charge in [0.2, 0.25) is 5.91 Å². The molecule has 0 aromatic carbocycles. The largest absolute Gasteiger partial charge is 0.341 e. The van der Waals surface area contributed by atoms with Gasteiger partial charge in [-0.25, -0.2) is 4.98 Å². The summed E-state index contributed by atoms with van der Waals surface area (Å²) in [4.78, 5) is 19.7. The fourth-order valence-electron chi connectivity index (χ4n) is 4.14. The van der Waals surface area contributed by atoms with Gasteiger partial charge in [-0.05, 0) is 57.0 Å². The van der Waals surface area contributed by atoms with Gasteiger partial charge in [0.05, 0.1) is 0 Å². The van der Waals surface area contributed by atoms with Crippen molar-refractivity contribution in [1.29, 1.82) is 0 Å². The fourth-order valence-corrected chi connectivity index (χ4v) is 4.14. The molecule has 0 aliphatic carbocycles. The van der Waals surface area contributed by atoms with Crippen molar-refractivity contribution in [2.24, 2.45) is 0 Å². The van der Waals surface area contributed by atoms with Crippen molar-refractivity contribution in [3.05, 3.63) is 30.1 Å². The molecule has 0 unspecified atom stereocenters. The van der Waals surface area contributed by atoms with Crippen LogP contribution in [0.5, 0.6) is 0 Å². The van der Waals surface area contributed by atoms with Gasteiger partial charge in [0.15, 0.2) is 0 Å². The second-order valence-corrected chi connectivity index (χ2v) is 7.42. The van der Waals surface area contributed by atoms with Crippen molar-refractivity contribution in [1.82, 2.24) is 19.8 Å². The molecule has 0 radical (unpaired) electrons. The topological polar surface area (TPSA) is 50.2 Å². The van der Waals surface area contributed by atoms with Crippen LogP contribution in [0.3, 0.4) is 0 Å². The van der Waals surface area contributed by atoms with Crippen LogP contribution in [-0.4, -0.2) is 46.5 Å². The summed E-state index contributed by atoms with van der Waals surface area (Å²) in [5.41, 5.74) is 2.35. The van der Waals surface area contributed by atoms with Crippen molar-refractivity contribution in [2.75, 3.05) is 26.2 Å². The molecule has 5 nitrogen and oxygen atoms in total. The van der Waals surface area contributed by atoms with Gasteiger partial charge < -0.3 is 14.8 Å². The molecular formula is C20H28N4O. The van der Waals surface area contributed by atoms with Crippen LogP contribution < -0.4 is 5.32 Å². The van der Waals surface area contributed by atoms with Crippen molar-refractivity contribution in [3.63, 3.8) is 0 Å². The molecule has 1 amide bonds. The average molecular weight is 340 g/mol. The van der Waals surface area contributed by atoms with Crippen LogP contribution in [0.1, 0.15) is 50.1 Å². The summed E-state index contributed by atoms with van der Waals surface area (Å²) in [6.45, 7) is 4.36. The molecular weight excluding hydrogens is 312 g/mol. The minimum Gasteiger partial charge on any atom is -0.341 e. The lowest BCUT2D eigenvalue weighted by Crippen LogP contribution is -2.34. The first kappa shape index (κ1) is 16.6. The summed E-state index contributed by atoms with van der Waals surface area (Å²) >= 11 is 0. The number of amides is 1. The van der Waals surface area contributed by atoms with Crippen LogP contribution in [0.4, 0.5) is 0 Å². The highest BCUT2D eigenvalue weighted by molar-refractivity contribution is 5.77. The van der Waals surface area contributed by atoms with E-state index in [0.29, 0.717) is 12.5 Å². The number of nitrogens with one attached hydrogen (secondary N) is 1. The molecule has 25 heavy (non-hydrogen) atoms. The van der Waals surface area contributed by atoms with Crippen LogP contribution in [0.25, 0.3) is 11.4 Å². The molecule has 0 aromatic heterocycles. The fraction of sp³-hybridized carbons (Fsp3) is 0.600. The first-order valence-corrected chi connectivity index (χ1v) is 9.75. The second kappa shape index (κ2) is 7.56. The zero-order chi connectivity index (χ0) is 17.1. The van der Waals surface area contributed by atoms with E-state index < -0.39 is 0 Å². The number of likely N-dealkylation sites (tertiary alicyclic amines) is 1. The zero-order valence-corrected chi connectivity index (χ0v) is 14.9. The van der Waals surface area contributed by atoms with Gasteiger partial charge in [-0.15, -0.1) is 0 Å². The lowest BCUT2D eigenvalue weighted by molar-refractivity contribution is -0.131. The Morgan fingerprint density at radius 2 is 1.92 bits per heavy atom. The van der Waals surface area contributed by atoms with Crippen LogP contribution in [0.2, 0.25) is 0 Å². The third kappa shape index (κ3) is 3.71. The smallest absolute Gasteiger partial charge is 0.242 e. The Morgan fingerprint density at radius 3 is 2.68 bits per heavy atom. The molecule has 1 N–H and O–H groups in total. The number of pyridine rings is 1. The predicted molar refractivity (Wildman–Crippen MR) is 98.7 cm³/mol. The summed E-state index contributed by atoms with van der Waals surface area (Å²) < 4.78 is 2.03. The second-order valence-electron chi connectivity index (χ2n) is 7.42. The van der Waals surface area contributed by atoms with Crippen LogP contribution in [0, 0.1) is 0 Å². The Bertz CT molecular complexity index is 681. The van der Waals surface area contributed by atoms with E-state index in [2.05, 4.69) is 17.4 Å². The van der Waals surface area contributed by atoms with E-state index in [-0.39, 0.29) is 5.91 Å². The number of carbonyl (C=O) groups is 1. The molecule has 134 valence electrons. The maximum Gasteiger partial charge on any atom is 0.242 e.